The van der Waals surface area contributed by atoms with Gasteiger partial charge in [0, 0.05) is 19.0 Å². The van der Waals surface area contributed by atoms with Crippen LogP contribution in [0.2, 0.25) is 0 Å². The van der Waals surface area contributed by atoms with Crippen LogP contribution in [-0.4, -0.2) is 13.7 Å². The second kappa shape index (κ2) is 5.90. The molecule has 1 N–H and O–H groups in total. The first-order chi connectivity index (χ1) is 10.2. The van der Waals surface area contributed by atoms with Crippen molar-refractivity contribution in [1.82, 2.24) is 5.32 Å². The molecule has 110 valence electrons. The van der Waals surface area contributed by atoms with E-state index in [0.29, 0.717) is 5.92 Å². The van der Waals surface area contributed by atoms with Crippen LogP contribution in [0.25, 0.3) is 0 Å². The normalized spacial score (nSPS) is 17.4. The van der Waals surface area contributed by atoms with E-state index in [2.05, 4.69) is 55.6 Å². The molecule has 2 nitrogen and oxygen atoms in total. The molecule has 21 heavy (non-hydrogen) atoms. The zero-order valence-electron chi connectivity index (χ0n) is 13.1. The van der Waals surface area contributed by atoms with Gasteiger partial charge in [-0.1, -0.05) is 30.3 Å². The van der Waals surface area contributed by atoms with Crippen molar-refractivity contribution in [1.29, 1.82) is 0 Å². The van der Waals surface area contributed by atoms with E-state index < -0.39 is 0 Å². The average molecular weight is 281 g/mol. The number of aryl methyl sites for hydroxylation is 2. The second-order valence-electron chi connectivity index (χ2n) is 5.99. The summed E-state index contributed by atoms with van der Waals surface area (Å²) in [5.41, 5.74) is 6.84. The highest BCUT2D eigenvalue weighted by molar-refractivity contribution is 5.45. The Morgan fingerprint density at radius 1 is 1.19 bits per heavy atom. The molecule has 3 rings (SSSR count). The first-order valence-corrected chi connectivity index (χ1v) is 7.61. The quantitative estimate of drug-likeness (QED) is 0.925. The van der Waals surface area contributed by atoms with Crippen LogP contribution in [0.5, 0.6) is 5.75 Å². The van der Waals surface area contributed by atoms with Crippen molar-refractivity contribution in [2.75, 3.05) is 13.7 Å². The van der Waals surface area contributed by atoms with Crippen LogP contribution in [-0.2, 0) is 13.0 Å². The summed E-state index contributed by atoms with van der Waals surface area (Å²) in [6.07, 6.45) is 1.03. The molecule has 0 spiro atoms. The maximum Gasteiger partial charge on any atom is 0.122 e. The molecule has 0 amide bonds. The molecule has 0 radical (unpaired) electrons. The number of benzene rings is 2. The molecule has 1 unspecified atom stereocenters. The van der Waals surface area contributed by atoms with Crippen LogP contribution in [0.1, 0.15) is 33.7 Å². The van der Waals surface area contributed by atoms with E-state index in [0.717, 1.165) is 25.3 Å². The highest BCUT2D eigenvalue weighted by Gasteiger charge is 2.22. The van der Waals surface area contributed by atoms with E-state index in [4.69, 9.17) is 4.74 Å². The lowest BCUT2D eigenvalue weighted by Crippen LogP contribution is -2.29. The Labute approximate surface area is 127 Å². The molecular weight excluding hydrogens is 258 g/mol. The molecule has 2 aromatic carbocycles. The largest absolute Gasteiger partial charge is 0.496 e. The number of nitrogens with one attached hydrogen (secondary N) is 1. The van der Waals surface area contributed by atoms with Crippen molar-refractivity contribution in [2.45, 2.75) is 32.7 Å². The second-order valence-corrected chi connectivity index (χ2v) is 5.99. The van der Waals surface area contributed by atoms with Crippen LogP contribution in [0.4, 0.5) is 0 Å². The molecule has 1 atom stereocenters. The fourth-order valence-electron chi connectivity index (χ4n) is 3.42. The zero-order valence-corrected chi connectivity index (χ0v) is 13.1. The Morgan fingerprint density at radius 3 is 2.81 bits per heavy atom. The maximum absolute atomic E-state index is 5.62. The smallest absolute Gasteiger partial charge is 0.122 e. The van der Waals surface area contributed by atoms with Gasteiger partial charge >= 0.3 is 0 Å². The van der Waals surface area contributed by atoms with Crippen molar-refractivity contribution < 1.29 is 4.74 Å². The maximum atomic E-state index is 5.62. The molecule has 1 heterocycles. The minimum atomic E-state index is 0.519. The van der Waals surface area contributed by atoms with Gasteiger partial charge in [-0.15, -0.1) is 0 Å². The summed E-state index contributed by atoms with van der Waals surface area (Å²) in [6.45, 7) is 6.33. The SMILES string of the molecule is COc1cc(C)cc(C)c1CC1CNCc2ccccc21. The summed E-state index contributed by atoms with van der Waals surface area (Å²) < 4.78 is 5.62. The van der Waals surface area contributed by atoms with Crippen molar-refractivity contribution in [2.24, 2.45) is 0 Å². The van der Waals surface area contributed by atoms with E-state index in [1.807, 2.05) is 0 Å². The van der Waals surface area contributed by atoms with Gasteiger partial charge in [0.2, 0.25) is 0 Å². The molecule has 0 saturated heterocycles. The molecule has 1 aliphatic rings. The van der Waals surface area contributed by atoms with Crippen molar-refractivity contribution in [3.8, 4) is 5.75 Å². The summed E-state index contributed by atoms with van der Waals surface area (Å²) in [6, 6.07) is 13.2. The third kappa shape index (κ3) is 2.81. The molecule has 0 aliphatic carbocycles. The standard InChI is InChI=1S/C19H23NO/c1-13-8-14(2)18(19(9-13)21-3)10-16-12-20-11-15-6-4-5-7-17(15)16/h4-9,16,20H,10-12H2,1-3H3. The fraction of sp³-hybridized carbons (Fsp3) is 0.368. The summed E-state index contributed by atoms with van der Waals surface area (Å²) >= 11 is 0. The van der Waals surface area contributed by atoms with Crippen LogP contribution < -0.4 is 10.1 Å². The molecule has 0 fully saturated rings. The number of hydrogen-bond acceptors (Lipinski definition) is 2. The molecule has 0 aromatic heterocycles. The fourth-order valence-corrected chi connectivity index (χ4v) is 3.42. The molecule has 0 bridgehead atoms. The lowest BCUT2D eigenvalue weighted by Gasteiger charge is -2.27. The Hall–Kier alpha value is -1.80. The molecule has 2 heteroatoms. The molecular formula is C19H23NO. The van der Waals surface area contributed by atoms with Gasteiger partial charge in [0.05, 0.1) is 7.11 Å². The monoisotopic (exact) mass is 281 g/mol. The summed E-state index contributed by atoms with van der Waals surface area (Å²) in [4.78, 5) is 0. The Kier molecular flexibility index (Phi) is 3.98. The van der Waals surface area contributed by atoms with E-state index in [1.54, 1.807) is 7.11 Å². The van der Waals surface area contributed by atoms with Crippen molar-refractivity contribution >= 4 is 0 Å². The first kappa shape index (κ1) is 14.2. The number of fused-ring (bicyclic) bond motifs is 1. The Bertz CT molecular complexity index is 648. The van der Waals surface area contributed by atoms with Gasteiger partial charge in [0.25, 0.3) is 0 Å². The van der Waals surface area contributed by atoms with Crippen LogP contribution in [0.15, 0.2) is 36.4 Å². The first-order valence-electron chi connectivity index (χ1n) is 7.61. The van der Waals surface area contributed by atoms with Crippen LogP contribution >= 0.6 is 0 Å². The van der Waals surface area contributed by atoms with E-state index in [1.165, 1.54) is 27.8 Å². The zero-order chi connectivity index (χ0) is 14.8. The lowest BCUT2D eigenvalue weighted by molar-refractivity contribution is 0.405. The van der Waals surface area contributed by atoms with Gasteiger partial charge < -0.3 is 10.1 Å². The van der Waals surface area contributed by atoms with Crippen molar-refractivity contribution in [3.63, 3.8) is 0 Å². The Balaban J connectivity index is 1.95. The van der Waals surface area contributed by atoms with Gasteiger partial charge in [-0.2, -0.15) is 0 Å². The number of hydrogen-bond donors (Lipinski definition) is 1. The predicted octanol–water partition coefficient (Wildman–Crippen LogP) is 3.74. The minimum Gasteiger partial charge on any atom is -0.496 e. The highest BCUT2D eigenvalue weighted by atomic mass is 16.5. The van der Waals surface area contributed by atoms with Crippen LogP contribution in [0.3, 0.4) is 0 Å². The number of ether oxygens (including phenoxy) is 1. The average Bonchev–Trinajstić information content (AvgIpc) is 2.50. The topological polar surface area (TPSA) is 21.3 Å². The summed E-state index contributed by atoms with van der Waals surface area (Å²) in [5, 5.41) is 3.54. The lowest BCUT2D eigenvalue weighted by atomic mass is 9.84. The summed E-state index contributed by atoms with van der Waals surface area (Å²) in [7, 11) is 1.77. The van der Waals surface area contributed by atoms with Gasteiger partial charge in [0.1, 0.15) is 5.75 Å². The van der Waals surface area contributed by atoms with Crippen molar-refractivity contribution in [3.05, 3.63) is 64.2 Å². The van der Waals surface area contributed by atoms with Gasteiger partial charge in [-0.05, 0) is 54.2 Å². The third-order valence-corrected chi connectivity index (χ3v) is 4.45. The highest BCUT2D eigenvalue weighted by Crippen LogP contribution is 2.32. The number of rotatable bonds is 3. The molecule has 2 aromatic rings. The summed E-state index contributed by atoms with van der Waals surface area (Å²) in [5.74, 6) is 1.54. The Morgan fingerprint density at radius 2 is 2.00 bits per heavy atom. The number of methoxy groups -OCH3 is 1. The van der Waals surface area contributed by atoms with E-state index in [-0.39, 0.29) is 0 Å². The minimum absolute atomic E-state index is 0.519. The van der Waals surface area contributed by atoms with Gasteiger partial charge in [0.15, 0.2) is 0 Å². The van der Waals surface area contributed by atoms with Gasteiger partial charge in [-0.3, -0.25) is 0 Å². The molecule has 0 saturated carbocycles. The molecule has 1 aliphatic heterocycles. The third-order valence-electron chi connectivity index (χ3n) is 4.45. The van der Waals surface area contributed by atoms with Crippen LogP contribution in [0, 0.1) is 13.8 Å². The van der Waals surface area contributed by atoms with E-state index >= 15 is 0 Å². The predicted molar refractivity (Wildman–Crippen MR) is 87.1 cm³/mol. The van der Waals surface area contributed by atoms with E-state index in [9.17, 15) is 0 Å². The van der Waals surface area contributed by atoms with Gasteiger partial charge in [-0.25, -0.2) is 0 Å².